The quantitative estimate of drug-likeness (QED) is 0.560. The van der Waals surface area contributed by atoms with E-state index in [0.29, 0.717) is 17.8 Å². The number of nitrogens with zero attached hydrogens (tertiary/aromatic N) is 1. The van der Waals surface area contributed by atoms with Gasteiger partial charge in [0.1, 0.15) is 5.84 Å². The zero-order valence-corrected chi connectivity index (χ0v) is 15.5. The molecule has 1 fully saturated rings. The van der Waals surface area contributed by atoms with Crippen LogP contribution < -0.4 is 16.4 Å². The Kier molecular flexibility index (Phi) is 4.77. The second-order valence-electron chi connectivity index (χ2n) is 7.06. The van der Waals surface area contributed by atoms with Crippen molar-refractivity contribution in [1.29, 1.82) is 0 Å². The molecule has 4 N–H and O–H groups in total. The average molecular weight is 355 g/mol. The van der Waals surface area contributed by atoms with Gasteiger partial charge < -0.3 is 16.4 Å². The highest BCUT2D eigenvalue weighted by molar-refractivity contribution is 7.12. The molecule has 3 unspecified atom stereocenters. The van der Waals surface area contributed by atoms with Gasteiger partial charge in [-0.2, -0.15) is 0 Å². The van der Waals surface area contributed by atoms with Crippen molar-refractivity contribution in [3.05, 3.63) is 46.2 Å². The summed E-state index contributed by atoms with van der Waals surface area (Å²) in [6.07, 6.45) is 3.90. The number of nitrogens with two attached hydrogens (primary N) is 1. The number of nitrogens with one attached hydrogen (secondary N) is 2. The molecule has 3 atom stereocenters. The Bertz CT molecular complexity index is 753. The van der Waals surface area contributed by atoms with Crippen LogP contribution in [-0.4, -0.2) is 25.0 Å². The average Bonchev–Trinajstić information content (AvgIpc) is 3.35. The smallest absolute Gasteiger partial charge is 0.141 e. The van der Waals surface area contributed by atoms with Crippen molar-refractivity contribution in [3.63, 3.8) is 0 Å². The topological polar surface area (TPSA) is 62.4 Å². The van der Waals surface area contributed by atoms with Gasteiger partial charge in [-0.3, -0.25) is 0 Å². The van der Waals surface area contributed by atoms with Gasteiger partial charge >= 0.3 is 0 Å². The first-order valence-electron chi connectivity index (χ1n) is 9.24. The van der Waals surface area contributed by atoms with Crippen LogP contribution in [-0.2, 0) is 0 Å². The maximum Gasteiger partial charge on any atom is 0.141 e. The number of amidine groups is 1. The van der Waals surface area contributed by atoms with Crippen LogP contribution in [0.3, 0.4) is 0 Å². The number of anilines is 1. The molecule has 2 aromatic rings. The first-order chi connectivity index (χ1) is 12.2. The predicted octanol–water partition coefficient (Wildman–Crippen LogP) is 4.07. The van der Waals surface area contributed by atoms with Crippen LogP contribution in [0.25, 0.3) is 0 Å². The fraction of sp³-hybridized carbons (Fsp3) is 0.450. The Balaban J connectivity index is 1.55. The van der Waals surface area contributed by atoms with Gasteiger partial charge in [0, 0.05) is 24.2 Å². The minimum Gasteiger partial charge on any atom is -0.384 e. The summed E-state index contributed by atoms with van der Waals surface area (Å²) < 4.78 is 0. The lowest BCUT2D eigenvalue weighted by Gasteiger charge is -2.19. The normalized spacial score (nSPS) is 25.8. The summed E-state index contributed by atoms with van der Waals surface area (Å²) in [6.45, 7) is 4.31. The number of rotatable bonds is 5. The molecule has 1 aromatic heterocycles. The first-order valence-corrected chi connectivity index (χ1v) is 10.1. The lowest BCUT2D eigenvalue weighted by Crippen LogP contribution is -2.26. The molecular formula is C20H26N4S. The molecule has 1 aliphatic carbocycles. The fourth-order valence-corrected chi connectivity index (χ4v) is 4.94. The van der Waals surface area contributed by atoms with Crippen molar-refractivity contribution in [3.8, 4) is 0 Å². The third kappa shape index (κ3) is 3.44. The number of benzene rings is 1. The van der Waals surface area contributed by atoms with Crippen molar-refractivity contribution in [2.24, 2.45) is 16.6 Å². The molecule has 0 radical (unpaired) electrons. The summed E-state index contributed by atoms with van der Waals surface area (Å²) in [5.41, 5.74) is 9.81. The largest absolute Gasteiger partial charge is 0.384 e. The number of hydrogen-bond acceptors (Lipinski definition) is 4. The Labute approximate surface area is 153 Å². The molecule has 1 aliphatic heterocycles. The van der Waals surface area contributed by atoms with E-state index < -0.39 is 0 Å². The molecule has 132 valence electrons. The van der Waals surface area contributed by atoms with Crippen LogP contribution >= 0.6 is 11.3 Å². The summed E-state index contributed by atoms with van der Waals surface area (Å²) in [7, 11) is 0. The lowest BCUT2D eigenvalue weighted by atomic mass is 9.86. The SMILES string of the molecule is CCNC1CCC(C2CNc3ccc(N=C(N)c4cccs4)cc32)C1. The van der Waals surface area contributed by atoms with Gasteiger partial charge in [-0.1, -0.05) is 13.0 Å². The monoisotopic (exact) mass is 354 g/mol. The summed E-state index contributed by atoms with van der Waals surface area (Å²) in [5.74, 6) is 1.95. The van der Waals surface area contributed by atoms with Gasteiger partial charge in [-0.15, -0.1) is 11.3 Å². The highest BCUT2D eigenvalue weighted by Crippen LogP contribution is 2.44. The maximum absolute atomic E-state index is 6.16. The molecule has 0 amide bonds. The fourth-order valence-electron chi connectivity index (χ4n) is 4.31. The molecule has 0 saturated heterocycles. The van der Waals surface area contributed by atoms with E-state index in [1.54, 1.807) is 11.3 Å². The van der Waals surface area contributed by atoms with Crippen molar-refractivity contribution in [2.75, 3.05) is 18.4 Å². The summed E-state index contributed by atoms with van der Waals surface area (Å²) in [6, 6.07) is 11.2. The molecule has 2 heterocycles. The highest BCUT2D eigenvalue weighted by Gasteiger charge is 2.35. The minimum atomic E-state index is 0.594. The Morgan fingerprint density at radius 1 is 1.36 bits per heavy atom. The van der Waals surface area contributed by atoms with E-state index >= 15 is 0 Å². The van der Waals surface area contributed by atoms with Crippen LogP contribution in [0.1, 0.15) is 42.5 Å². The van der Waals surface area contributed by atoms with Crippen molar-refractivity contribution in [1.82, 2.24) is 5.32 Å². The highest BCUT2D eigenvalue weighted by atomic mass is 32.1. The van der Waals surface area contributed by atoms with Gasteiger partial charge in [0.25, 0.3) is 0 Å². The van der Waals surface area contributed by atoms with E-state index in [0.717, 1.165) is 29.6 Å². The van der Waals surface area contributed by atoms with Gasteiger partial charge in [0.05, 0.1) is 10.6 Å². The maximum atomic E-state index is 6.16. The van der Waals surface area contributed by atoms with E-state index in [-0.39, 0.29) is 0 Å². The molecule has 0 spiro atoms. The summed E-state index contributed by atoms with van der Waals surface area (Å²) >= 11 is 1.63. The Hall–Kier alpha value is -1.85. The molecule has 1 saturated carbocycles. The molecule has 25 heavy (non-hydrogen) atoms. The zero-order valence-electron chi connectivity index (χ0n) is 14.7. The second-order valence-corrected chi connectivity index (χ2v) is 8.01. The predicted molar refractivity (Wildman–Crippen MR) is 107 cm³/mol. The third-order valence-electron chi connectivity index (χ3n) is 5.51. The van der Waals surface area contributed by atoms with E-state index in [9.17, 15) is 0 Å². The molecule has 4 nitrogen and oxygen atoms in total. The van der Waals surface area contributed by atoms with E-state index in [1.807, 2.05) is 17.5 Å². The van der Waals surface area contributed by atoms with Crippen LogP contribution in [0.15, 0.2) is 40.7 Å². The Morgan fingerprint density at radius 2 is 2.28 bits per heavy atom. The van der Waals surface area contributed by atoms with Crippen LogP contribution in [0.2, 0.25) is 0 Å². The minimum absolute atomic E-state index is 0.594. The van der Waals surface area contributed by atoms with Gasteiger partial charge in [-0.05, 0) is 66.9 Å². The van der Waals surface area contributed by atoms with E-state index in [2.05, 4.69) is 40.7 Å². The van der Waals surface area contributed by atoms with E-state index in [1.165, 1.54) is 30.5 Å². The van der Waals surface area contributed by atoms with Crippen LogP contribution in [0.4, 0.5) is 11.4 Å². The summed E-state index contributed by atoms with van der Waals surface area (Å²) in [4.78, 5) is 5.68. The molecule has 1 aromatic carbocycles. The van der Waals surface area contributed by atoms with Gasteiger partial charge in [0.15, 0.2) is 0 Å². The zero-order chi connectivity index (χ0) is 17.2. The molecule has 5 heteroatoms. The Morgan fingerprint density at radius 3 is 3.08 bits per heavy atom. The second kappa shape index (κ2) is 7.18. The molecule has 0 bridgehead atoms. The van der Waals surface area contributed by atoms with E-state index in [4.69, 9.17) is 5.73 Å². The number of fused-ring (bicyclic) bond motifs is 1. The molecular weight excluding hydrogens is 328 g/mol. The van der Waals surface area contributed by atoms with Crippen LogP contribution in [0.5, 0.6) is 0 Å². The number of hydrogen-bond donors (Lipinski definition) is 3. The van der Waals surface area contributed by atoms with Crippen molar-refractivity contribution >= 4 is 28.5 Å². The first kappa shape index (κ1) is 16.6. The number of aliphatic imine (C=N–C) groups is 1. The molecule has 4 rings (SSSR count). The van der Waals surface area contributed by atoms with Crippen LogP contribution in [0, 0.1) is 5.92 Å². The third-order valence-corrected chi connectivity index (χ3v) is 6.40. The van der Waals surface area contributed by atoms with Crippen molar-refractivity contribution in [2.45, 2.75) is 38.1 Å². The van der Waals surface area contributed by atoms with Crippen molar-refractivity contribution < 1.29 is 0 Å². The summed E-state index contributed by atoms with van der Waals surface area (Å²) in [5, 5.41) is 9.23. The van der Waals surface area contributed by atoms with Gasteiger partial charge in [-0.25, -0.2) is 4.99 Å². The molecule has 2 aliphatic rings. The van der Waals surface area contributed by atoms with Gasteiger partial charge in [0.2, 0.25) is 0 Å². The standard InChI is InChI=1S/C20H26N4S/c1-2-22-14-6-5-13(10-14)17-12-23-18-8-7-15(11-16(17)18)24-20(21)19-4-3-9-25-19/h3-4,7-9,11,13-14,17,22-23H,2,5-6,10,12H2,1H3,(H2,21,24). The lowest BCUT2D eigenvalue weighted by molar-refractivity contribution is 0.437. The number of thiophene rings is 1.